The molecule has 160 valence electrons. The van der Waals surface area contributed by atoms with Crippen molar-refractivity contribution >= 4 is 40.0 Å². The van der Waals surface area contributed by atoms with Crippen LogP contribution in [0.5, 0.6) is 0 Å². The van der Waals surface area contributed by atoms with Crippen LogP contribution in [0.2, 0.25) is 0 Å². The van der Waals surface area contributed by atoms with Crippen molar-refractivity contribution in [3.8, 4) is 11.3 Å². The SMILES string of the molecule is Cc1scnc1-c1cccc(C2=Nc3cc(N(C)C)c(C(F)(F)F)cc3NC(=O)C2)c1. The third-order valence-electron chi connectivity index (χ3n) is 4.97. The molecule has 0 radical (unpaired) electrons. The van der Waals surface area contributed by atoms with E-state index in [0.29, 0.717) is 5.71 Å². The monoisotopic (exact) mass is 444 g/mol. The number of thiazole rings is 1. The van der Waals surface area contributed by atoms with Crippen LogP contribution in [0.1, 0.15) is 22.4 Å². The summed E-state index contributed by atoms with van der Waals surface area (Å²) in [6, 6.07) is 9.82. The van der Waals surface area contributed by atoms with Crippen molar-refractivity contribution in [3.63, 3.8) is 0 Å². The summed E-state index contributed by atoms with van der Waals surface area (Å²) in [5.74, 6) is -0.418. The van der Waals surface area contributed by atoms with Gasteiger partial charge in [0, 0.05) is 24.5 Å². The van der Waals surface area contributed by atoms with Crippen molar-refractivity contribution < 1.29 is 18.0 Å². The second kappa shape index (κ2) is 7.81. The molecule has 0 saturated heterocycles. The maximum absolute atomic E-state index is 13.6. The Labute approximate surface area is 181 Å². The third-order valence-corrected chi connectivity index (χ3v) is 5.73. The molecule has 4 rings (SSSR count). The van der Waals surface area contributed by atoms with Crippen LogP contribution in [-0.4, -0.2) is 30.7 Å². The van der Waals surface area contributed by atoms with Crippen LogP contribution in [0.25, 0.3) is 11.3 Å². The Hall–Kier alpha value is -3.20. The van der Waals surface area contributed by atoms with Crippen molar-refractivity contribution in [1.82, 2.24) is 4.98 Å². The molecule has 1 N–H and O–H groups in total. The molecule has 0 bridgehead atoms. The summed E-state index contributed by atoms with van der Waals surface area (Å²) >= 11 is 1.54. The Morgan fingerprint density at radius 3 is 2.52 bits per heavy atom. The number of aliphatic imine (C=N–C) groups is 1. The molecule has 2 heterocycles. The second-order valence-corrected chi connectivity index (χ2v) is 8.46. The summed E-state index contributed by atoms with van der Waals surface area (Å²) in [7, 11) is 3.08. The number of rotatable bonds is 3. The number of anilines is 2. The summed E-state index contributed by atoms with van der Waals surface area (Å²) < 4.78 is 40.7. The Balaban J connectivity index is 1.84. The Bertz CT molecular complexity index is 1200. The average molecular weight is 444 g/mol. The zero-order chi connectivity index (χ0) is 22.3. The fraction of sp³-hybridized carbons (Fsp3) is 0.227. The number of aryl methyl sites for hydroxylation is 1. The van der Waals surface area contributed by atoms with E-state index in [-0.39, 0.29) is 23.5 Å². The number of nitrogens with zero attached hydrogens (tertiary/aromatic N) is 3. The quantitative estimate of drug-likeness (QED) is 0.567. The van der Waals surface area contributed by atoms with Gasteiger partial charge in [-0.25, -0.2) is 4.98 Å². The van der Waals surface area contributed by atoms with Gasteiger partial charge in [0.05, 0.1) is 46.0 Å². The number of carbonyl (C=O) groups excluding carboxylic acids is 1. The van der Waals surface area contributed by atoms with Gasteiger partial charge in [-0.15, -0.1) is 11.3 Å². The van der Waals surface area contributed by atoms with Crippen LogP contribution >= 0.6 is 11.3 Å². The van der Waals surface area contributed by atoms with E-state index in [1.54, 1.807) is 16.8 Å². The zero-order valence-corrected chi connectivity index (χ0v) is 17.9. The first-order valence-electron chi connectivity index (χ1n) is 9.44. The van der Waals surface area contributed by atoms with E-state index in [1.165, 1.54) is 25.1 Å². The van der Waals surface area contributed by atoms with Gasteiger partial charge in [-0.1, -0.05) is 18.2 Å². The molecule has 0 saturated carbocycles. The molecule has 31 heavy (non-hydrogen) atoms. The highest BCUT2D eigenvalue weighted by Crippen LogP contribution is 2.43. The van der Waals surface area contributed by atoms with Gasteiger partial charge < -0.3 is 10.2 Å². The molecule has 0 unspecified atom stereocenters. The van der Waals surface area contributed by atoms with Crippen LogP contribution in [0.3, 0.4) is 0 Å². The fourth-order valence-electron chi connectivity index (χ4n) is 3.49. The zero-order valence-electron chi connectivity index (χ0n) is 17.0. The van der Waals surface area contributed by atoms with Crippen LogP contribution in [0.4, 0.5) is 30.2 Å². The molecule has 2 aromatic carbocycles. The number of carbonyl (C=O) groups is 1. The van der Waals surface area contributed by atoms with Gasteiger partial charge in [-0.05, 0) is 30.7 Å². The molecule has 0 atom stereocenters. The number of hydrogen-bond donors (Lipinski definition) is 1. The third kappa shape index (κ3) is 4.18. The fourth-order valence-corrected chi connectivity index (χ4v) is 4.09. The number of fused-ring (bicyclic) bond motifs is 1. The lowest BCUT2D eigenvalue weighted by Crippen LogP contribution is -2.18. The number of alkyl halides is 3. The van der Waals surface area contributed by atoms with Crippen LogP contribution in [-0.2, 0) is 11.0 Å². The molecule has 9 heteroatoms. The minimum Gasteiger partial charge on any atom is -0.377 e. The molecule has 1 amide bonds. The summed E-state index contributed by atoms with van der Waals surface area (Å²) in [5.41, 5.74) is 4.21. The lowest BCUT2D eigenvalue weighted by atomic mass is 10.0. The van der Waals surface area contributed by atoms with Crippen molar-refractivity contribution in [2.24, 2.45) is 4.99 Å². The Morgan fingerprint density at radius 2 is 1.87 bits per heavy atom. The maximum atomic E-state index is 13.6. The first-order valence-corrected chi connectivity index (χ1v) is 10.3. The van der Waals surface area contributed by atoms with Crippen LogP contribution in [0.15, 0.2) is 46.9 Å². The van der Waals surface area contributed by atoms with E-state index >= 15 is 0 Å². The van der Waals surface area contributed by atoms with E-state index in [4.69, 9.17) is 0 Å². The highest BCUT2D eigenvalue weighted by atomic mass is 32.1. The van der Waals surface area contributed by atoms with Gasteiger partial charge in [0.15, 0.2) is 0 Å². The van der Waals surface area contributed by atoms with Crippen LogP contribution < -0.4 is 10.2 Å². The second-order valence-electron chi connectivity index (χ2n) is 7.40. The number of halogens is 3. The summed E-state index contributed by atoms with van der Waals surface area (Å²) in [6.45, 7) is 1.98. The normalized spacial score (nSPS) is 13.9. The number of aromatic nitrogens is 1. The lowest BCUT2D eigenvalue weighted by Gasteiger charge is -2.21. The number of nitrogens with one attached hydrogen (secondary N) is 1. The first kappa shape index (κ1) is 21.0. The smallest absolute Gasteiger partial charge is 0.377 e. The van der Waals surface area contributed by atoms with E-state index in [2.05, 4.69) is 15.3 Å². The molecule has 0 fully saturated rings. The van der Waals surface area contributed by atoms with Gasteiger partial charge in [-0.3, -0.25) is 9.79 Å². The minimum atomic E-state index is -4.56. The van der Waals surface area contributed by atoms with Gasteiger partial charge in [0.25, 0.3) is 0 Å². The molecule has 1 aromatic heterocycles. The van der Waals surface area contributed by atoms with Crippen molar-refractivity contribution in [2.75, 3.05) is 24.3 Å². The largest absolute Gasteiger partial charge is 0.418 e. The summed E-state index contributed by atoms with van der Waals surface area (Å²) in [4.78, 5) is 23.9. The predicted octanol–water partition coefficient (Wildman–Crippen LogP) is 5.67. The molecule has 5 nitrogen and oxygen atoms in total. The molecule has 1 aliphatic heterocycles. The van der Waals surface area contributed by atoms with Gasteiger partial charge >= 0.3 is 6.18 Å². The molecular formula is C22H19F3N4OS. The van der Waals surface area contributed by atoms with Gasteiger partial charge in [0.1, 0.15) is 0 Å². The summed E-state index contributed by atoms with van der Waals surface area (Å²) in [6.07, 6.45) is -4.61. The van der Waals surface area contributed by atoms with E-state index in [1.807, 2.05) is 31.2 Å². The van der Waals surface area contributed by atoms with E-state index in [9.17, 15) is 18.0 Å². The maximum Gasteiger partial charge on any atom is 0.418 e. The minimum absolute atomic E-state index is 0.0163. The average Bonchev–Trinajstić information content (AvgIpc) is 3.05. The molecule has 0 spiro atoms. The Morgan fingerprint density at radius 1 is 1.13 bits per heavy atom. The molecule has 0 aliphatic carbocycles. The molecular weight excluding hydrogens is 425 g/mol. The molecule has 3 aromatic rings. The molecule has 1 aliphatic rings. The van der Waals surface area contributed by atoms with Gasteiger partial charge in [0.2, 0.25) is 5.91 Å². The standard InChI is InChI=1S/C22H19F3N4OS/c1-12-21(26-11-31-12)14-6-4-5-13(7-14)16-10-20(30)28-17-8-15(22(23,24)25)19(29(2)3)9-18(17)27-16/h4-9,11H,10H2,1-3H3,(H,28,30). The summed E-state index contributed by atoms with van der Waals surface area (Å²) in [5, 5.41) is 2.57. The van der Waals surface area contributed by atoms with E-state index < -0.39 is 17.6 Å². The highest BCUT2D eigenvalue weighted by molar-refractivity contribution is 7.10. The number of amides is 1. The highest BCUT2D eigenvalue weighted by Gasteiger charge is 2.36. The first-order chi connectivity index (χ1) is 14.6. The lowest BCUT2D eigenvalue weighted by molar-refractivity contribution is -0.137. The topological polar surface area (TPSA) is 57.6 Å². The van der Waals surface area contributed by atoms with Crippen molar-refractivity contribution in [2.45, 2.75) is 19.5 Å². The predicted molar refractivity (Wildman–Crippen MR) is 118 cm³/mol. The number of benzene rings is 2. The van der Waals surface area contributed by atoms with E-state index in [0.717, 1.165) is 27.8 Å². The van der Waals surface area contributed by atoms with Crippen LogP contribution in [0, 0.1) is 6.92 Å². The van der Waals surface area contributed by atoms with Gasteiger partial charge in [-0.2, -0.15) is 13.2 Å². The Kier molecular flexibility index (Phi) is 5.30. The van der Waals surface area contributed by atoms with Crippen molar-refractivity contribution in [1.29, 1.82) is 0 Å². The number of hydrogen-bond acceptors (Lipinski definition) is 5. The van der Waals surface area contributed by atoms with Crippen molar-refractivity contribution in [3.05, 3.63) is 57.9 Å².